The van der Waals surface area contributed by atoms with E-state index in [1.807, 2.05) is 6.07 Å². The lowest BCUT2D eigenvalue weighted by Gasteiger charge is -2.30. The number of amides is 1. The van der Waals surface area contributed by atoms with Crippen LogP contribution in [0.5, 0.6) is 0 Å². The molecule has 1 fully saturated rings. The Hall–Kier alpha value is -1.35. The number of rotatable bonds is 3. The molecular formula is C15H21NO2. The zero-order valence-corrected chi connectivity index (χ0v) is 10.9. The van der Waals surface area contributed by atoms with Crippen LogP contribution < -0.4 is 0 Å². The number of nitrogens with zero attached hydrogens (tertiary/aromatic N) is 1. The van der Waals surface area contributed by atoms with Crippen molar-refractivity contribution in [3.63, 3.8) is 0 Å². The normalized spacial score (nSPS) is 19.9. The summed E-state index contributed by atoms with van der Waals surface area (Å²) in [6.07, 6.45) is 2.73. The molecule has 98 valence electrons. The summed E-state index contributed by atoms with van der Waals surface area (Å²) in [4.78, 5) is 13.8. The molecule has 1 aromatic rings. The molecule has 0 spiro atoms. The number of aliphatic hydroxyl groups is 1. The lowest BCUT2D eigenvalue weighted by atomic mass is 10.0. The minimum Gasteiger partial charge on any atom is -0.391 e. The van der Waals surface area contributed by atoms with Gasteiger partial charge in [-0.3, -0.25) is 4.79 Å². The van der Waals surface area contributed by atoms with Crippen molar-refractivity contribution in [1.29, 1.82) is 0 Å². The van der Waals surface area contributed by atoms with E-state index in [4.69, 9.17) is 0 Å². The molecule has 0 aliphatic carbocycles. The Labute approximate surface area is 108 Å². The Morgan fingerprint density at radius 3 is 3.06 bits per heavy atom. The lowest BCUT2D eigenvalue weighted by Crippen LogP contribution is -2.42. The standard InChI is InChI=1S/C15H21NO2/c1-12-4-2-5-13(10-12)7-8-15(18)16-9-3-6-14(17)11-16/h2,4-5,10,14,17H,3,6-9,11H2,1H3/t14-/m0/s1. The first-order chi connectivity index (χ1) is 8.65. The molecule has 0 saturated carbocycles. The van der Waals surface area contributed by atoms with Gasteiger partial charge in [0.1, 0.15) is 0 Å². The average Bonchev–Trinajstić information content (AvgIpc) is 2.36. The number of hydrogen-bond donors (Lipinski definition) is 1. The third kappa shape index (κ3) is 3.57. The van der Waals surface area contributed by atoms with E-state index in [0.717, 1.165) is 25.8 Å². The number of benzene rings is 1. The summed E-state index contributed by atoms with van der Waals surface area (Å²) in [6.45, 7) is 3.36. The van der Waals surface area contributed by atoms with Gasteiger partial charge in [0.2, 0.25) is 5.91 Å². The van der Waals surface area contributed by atoms with Crippen LogP contribution in [0.2, 0.25) is 0 Å². The van der Waals surface area contributed by atoms with Crippen LogP contribution >= 0.6 is 0 Å². The van der Waals surface area contributed by atoms with E-state index in [9.17, 15) is 9.90 Å². The topological polar surface area (TPSA) is 40.5 Å². The molecule has 3 heteroatoms. The van der Waals surface area contributed by atoms with E-state index in [1.165, 1.54) is 11.1 Å². The van der Waals surface area contributed by atoms with E-state index < -0.39 is 0 Å². The summed E-state index contributed by atoms with van der Waals surface area (Å²) < 4.78 is 0. The second kappa shape index (κ2) is 6.01. The van der Waals surface area contributed by atoms with Crippen LogP contribution in [-0.4, -0.2) is 35.1 Å². The van der Waals surface area contributed by atoms with Crippen LogP contribution in [0.15, 0.2) is 24.3 Å². The van der Waals surface area contributed by atoms with Crippen LogP contribution in [0, 0.1) is 6.92 Å². The van der Waals surface area contributed by atoms with Gasteiger partial charge in [-0.2, -0.15) is 0 Å². The number of piperidine rings is 1. The minimum atomic E-state index is -0.332. The van der Waals surface area contributed by atoms with Crippen LogP contribution in [0.25, 0.3) is 0 Å². The van der Waals surface area contributed by atoms with Gasteiger partial charge in [0.15, 0.2) is 0 Å². The van der Waals surface area contributed by atoms with Gasteiger partial charge >= 0.3 is 0 Å². The number of aliphatic hydroxyl groups excluding tert-OH is 1. The molecule has 3 nitrogen and oxygen atoms in total. The minimum absolute atomic E-state index is 0.162. The molecule has 0 unspecified atom stereocenters. The number of β-amino-alcohol motifs (C(OH)–C–C–N with tert-alkyl or cyclic N) is 1. The van der Waals surface area contributed by atoms with Gasteiger partial charge in [-0.1, -0.05) is 29.8 Å². The van der Waals surface area contributed by atoms with Crippen LogP contribution in [0.1, 0.15) is 30.4 Å². The Kier molecular flexibility index (Phi) is 4.37. The summed E-state index contributed by atoms with van der Waals surface area (Å²) in [5.74, 6) is 0.162. The molecule has 1 atom stereocenters. The molecule has 1 N–H and O–H groups in total. The Morgan fingerprint density at radius 2 is 2.33 bits per heavy atom. The van der Waals surface area contributed by atoms with Crippen molar-refractivity contribution in [2.45, 2.75) is 38.7 Å². The zero-order chi connectivity index (χ0) is 13.0. The van der Waals surface area contributed by atoms with Gasteiger partial charge in [0, 0.05) is 19.5 Å². The number of hydrogen-bond acceptors (Lipinski definition) is 2. The van der Waals surface area contributed by atoms with E-state index in [1.54, 1.807) is 4.90 Å². The fourth-order valence-corrected chi connectivity index (χ4v) is 2.46. The van der Waals surface area contributed by atoms with Crippen LogP contribution in [0.3, 0.4) is 0 Å². The first-order valence-electron chi connectivity index (χ1n) is 6.66. The molecule has 1 amide bonds. The maximum absolute atomic E-state index is 12.0. The van der Waals surface area contributed by atoms with Gasteiger partial charge in [0.05, 0.1) is 6.10 Å². The molecular weight excluding hydrogens is 226 g/mol. The molecule has 1 heterocycles. The predicted octanol–water partition coefficient (Wildman–Crippen LogP) is 1.91. The third-order valence-corrected chi connectivity index (χ3v) is 3.46. The quantitative estimate of drug-likeness (QED) is 0.886. The second-order valence-electron chi connectivity index (χ2n) is 5.12. The van der Waals surface area contributed by atoms with Gasteiger partial charge in [-0.25, -0.2) is 0 Å². The molecule has 18 heavy (non-hydrogen) atoms. The molecule has 0 bridgehead atoms. The van der Waals surface area contributed by atoms with Gasteiger partial charge in [-0.15, -0.1) is 0 Å². The molecule has 0 aromatic heterocycles. The SMILES string of the molecule is Cc1cccc(CCC(=O)N2CCC[C@H](O)C2)c1. The predicted molar refractivity (Wildman–Crippen MR) is 71.3 cm³/mol. The highest BCUT2D eigenvalue weighted by molar-refractivity contribution is 5.76. The van der Waals surface area contributed by atoms with Crippen molar-refractivity contribution in [2.24, 2.45) is 0 Å². The first kappa shape index (κ1) is 13.1. The van der Waals surface area contributed by atoms with Crippen molar-refractivity contribution in [1.82, 2.24) is 4.90 Å². The molecule has 1 saturated heterocycles. The molecule has 1 aromatic carbocycles. The highest BCUT2D eigenvalue weighted by Crippen LogP contribution is 2.13. The van der Waals surface area contributed by atoms with E-state index >= 15 is 0 Å². The third-order valence-electron chi connectivity index (χ3n) is 3.46. The van der Waals surface area contributed by atoms with Crippen LogP contribution in [-0.2, 0) is 11.2 Å². The fourth-order valence-electron chi connectivity index (χ4n) is 2.46. The Morgan fingerprint density at radius 1 is 1.50 bits per heavy atom. The summed E-state index contributed by atoms with van der Waals surface area (Å²) >= 11 is 0. The molecule has 2 rings (SSSR count). The van der Waals surface area contributed by atoms with E-state index in [2.05, 4.69) is 25.1 Å². The van der Waals surface area contributed by atoms with Crippen molar-refractivity contribution >= 4 is 5.91 Å². The smallest absolute Gasteiger partial charge is 0.222 e. The van der Waals surface area contributed by atoms with E-state index in [-0.39, 0.29) is 12.0 Å². The highest BCUT2D eigenvalue weighted by Gasteiger charge is 2.21. The van der Waals surface area contributed by atoms with Crippen molar-refractivity contribution in [3.05, 3.63) is 35.4 Å². The second-order valence-corrected chi connectivity index (χ2v) is 5.12. The maximum Gasteiger partial charge on any atom is 0.222 e. The largest absolute Gasteiger partial charge is 0.391 e. The van der Waals surface area contributed by atoms with Gasteiger partial charge < -0.3 is 10.0 Å². The maximum atomic E-state index is 12.0. The summed E-state index contributed by atoms with van der Waals surface area (Å²) in [7, 11) is 0. The molecule has 0 radical (unpaired) electrons. The fraction of sp³-hybridized carbons (Fsp3) is 0.533. The van der Waals surface area contributed by atoms with Crippen LogP contribution in [0.4, 0.5) is 0 Å². The van der Waals surface area contributed by atoms with Crippen molar-refractivity contribution in [3.8, 4) is 0 Å². The van der Waals surface area contributed by atoms with Crippen molar-refractivity contribution < 1.29 is 9.90 Å². The molecule has 1 aliphatic heterocycles. The summed E-state index contributed by atoms with van der Waals surface area (Å²) in [5, 5.41) is 9.56. The first-order valence-corrected chi connectivity index (χ1v) is 6.66. The monoisotopic (exact) mass is 247 g/mol. The number of carbonyl (C=O) groups excluding carboxylic acids is 1. The number of carbonyl (C=O) groups is 1. The van der Waals surface area contributed by atoms with Gasteiger partial charge in [0.25, 0.3) is 0 Å². The lowest BCUT2D eigenvalue weighted by molar-refractivity contribution is -0.134. The Balaban J connectivity index is 1.84. The number of aryl methyl sites for hydroxylation is 2. The number of likely N-dealkylation sites (tertiary alicyclic amines) is 1. The summed E-state index contributed by atoms with van der Waals surface area (Å²) in [6, 6.07) is 8.27. The summed E-state index contributed by atoms with van der Waals surface area (Å²) in [5.41, 5.74) is 2.44. The average molecular weight is 247 g/mol. The van der Waals surface area contributed by atoms with Gasteiger partial charge in [-0.05, 0) is 31.7 Å². The highest BCUT2D eigenvalue weighted by atomic mass is 16.3. The Bertz CT molecular complexity index is 417. The zero-order valence-electron chi connectivity index (χ0n) is 10.9. The molecule has 1 aliphatic rings. The van der Waals surface area contributed by atoms with Crippen molar-refractivity contribution in [2.75, 3.05) is 13.1 Å². The van der Waals surface area contributed by atoms with E-state index in [0.29, 0.717) is 13.0 Å².